The van der Waals surface area contributed by atoms with E-state index in [1.807, 2.05) is 30.3 Å². The zero-order chi connectivity index (χ0) is 19.5. The largest absolute Gasteiger partial charge is 0.455 e. The van der Waals surface area contributed by atoms with Crippen molar-refractivity contribution in [2.45, 2.75) is 0 Å². The Morgan fingerprint density at radius 2 is 1.82 bits per heavy atom. The molecule has 0 bridgehead atoms. The van der Waals surface area contributed by atoms with Crippen LogP contribution in [0.4, 0.5) is 5.69 Å². The molecule has 28 heavy (non-hydrogen) atoms. The van der Waals surface area contributed by atoms with Gasteiger partial charge in [-0.25, -0.2) is 5.10 Å². The van der Waals surface area contributed by atoms with Crippen molar-refractivity contribution in [1.82, 2.24) is 14.9 Å². The van der Waals surface area contributed by atoms with Gasteiger partial charge in [-0.1, -0.05) is 30.3 Å². The van der Waals surface area contributed by atoms with Gasteiger partial charge in [-0.2, -0.15) is 14.9 Å². The zero-order valence-corrected chi connectivity index (χ0v) is 15.2. The van der Waals surface area contributed by atoms with Gasteiger partial charge in [0.15, 0.2) is 5.82 Å². The first kappa shape index (κ1) is 17.6. The molecule has 4 aromatic rings. The van der Waals surface area contributed by atoms with Crippen LogP contribution in [0.2, 0.25) is 0 Å². The maximum absolute atomic E-state index is 10.8. The second kappa shape index (κ2) is 7.41. The third kappa shape index (κ3) is 3.51. The maximum Gasteiger partial charge on any atom is 0.269 e. The number of non-ortho nitro benzene ring substituents is 1. The smallest absolute Gasteiger partial charge is 0.269 e. The lowest BCUT2D eigenvalue weighted by atomic mass is 10.1. The number of hydrogen-bond acceptors (Lipinski definition) is 6. The van der Waals surface area contributed by atoms with Crippen LogP contribution in [-0.2, 0) is 0 Å². The highest BCUT2D eigenvalue weighted by Crippen LogP contribution is 2.24. The molecule has 138 valence electrons. The summed E-state index contributed by atoms with van der Waals surface area (Å²) in [6.45, 7) is 0. The minimum Gasteiger partial charge on any atom is -0.455 e. The van der Waals surface area contributed by atoms with Crippen LogP contribution in [0.15, 0.2) is 76.2 Å². The number of nitrogens with one attached hydrogen (secondary N) is 1. The Labute approximate surface area is 163 Å². The number of aromatic nitrogens is 3. The van der Waals surface area contributed by atoms with E-state index in [9.17, 15) is 10.1 Å². The topological polar surface area (TPSA) is 102 Å². The molecule has 0 saturated heterocycles. The van der Waals surface area contributed by atoms with Crippen molar-refractivity contribution >= 4 is 24.1 Å². The van der Waals surface area contributed by atoms with E-state index >= 15 is 0 Å². The molecule has 2 aromatic carbocycles. The van der Waals surface area contributed by atoms with E-state index in [-0.39, 0.29) is 5.69 Å². The fourth-order valence-electron chi connectivity index (χ4n) is 2.61. The number of nitro groups is 1. The normalized spacial score (nSPS) is 11.1. The van der Waals surface area contributed by atoms with Crippen LogP contribution in [0.25, 0.3) is 22.7 Å². The van der Waals surface area contributed by atoms with E-state index in [0.717, 1.165) is 11.1 Å². The molecule has 0 aliphatic rings. The third-order valence-electron chi connectivity index (χ3n) is 3.97. The first-order valence-electron chi connectivity index (χ1n) is 8.24. The molecule has 0 aliphatic carbocycles. The monoisotopic (exact) mass is 391 g/mol. The average molecular weight is 391 g/mol. The van der Waals surface area contributed by atoms with Gasteiger partial charge in [0.1, 0.15) is 11.5 Å². The molecule has 0 amide bonds. The van der Waals surface area contributed by atoms with Gasteiger partial charge in [0.25, 0.3) is 5.69 Å². The van der Waals surface area contributed by atoms with Gasteiger partial charge in [0.2, 0.25) is 4.77 Å². The fraction of sp³-hybridized carbons (Fsp3) is 0. The molecule has 9 heteroatoms. The van der Waals surface area contributed by atoms with E-state index in [1.165, 1.54) is 23.0 Å². The third-order valence-corrected chi connectivity index (χ3v) is 4.24. The Kier molecular flexibility index (Phi) is 4.65. The van der Waals surface area contributed by atoms with Gasteiger partial charge < -0.3 is 4.42 Å². The summed E-state index contributed by atoms with van der Waals surface area (Å²) in [5, 5.41) is 22.1. The van der Waals surface area contributed by atoms with E-state index in [0.29, 0.717) is 22.1 Å². The molecule has 0 unspecified atom stereocenters. The van der Waals surface area contributed by atoms with Gasteiger partial charge in [-0.05, 0) is 36.5 Å². The van der Waals surface area contributed by atoms with E-state index in [4.69, 9.17) is 16.6 Å². The lowest BCUT2D eigenvalue weighted by Gasteiger charge is -1.99. The summed E-state index contributed by atoms with van der Waals surface area (Å²) in [5.74, 6) is 1.68. The highest BCUT2D eigenvalue weighted by atomic mass is 32.1. The molecule has 0 spiro atoms. The van der Waals surface area contributed by atoms with Crippen LogP contribution in [0.3, 0.4) is 0 Å². The fourth-order valence-corrected chi connectivity index (χ4v) is 2.79. The SMILES string of the molecule is O=[N+]([O-])c1ccc(-c2ccc(C=Nn3c(-c4ccccc4)n[nH]c3=S)o2)cc1. The van der Waals surface area contributed by atoms with Gasteiger partial charge in [0, 0.05) is 23.3 Å². The summed E-state index contributed by atoms with van der Waals surface area (Å²) >= 11 is 5.25. The summed E-state index contributed by atoms with van der Waals surface area (Å²) in [6.07, 6.45) is 1.53. The lowest BCUT2D eigenvalue weighted by molar-refractivity contribution is -0.384. The van der Waals surface area contributed by atoms with Gasteiger partial charge >= 0.3 is 0 Å². The van der Waals surface area contributed by atoms with Crippen LogP contribution in [-0.4, -0.2) is 26.0 Å². The molecule has 1 N–H and O–H groups in total. The summed E-state index contributed by atoms with van der Waals surface area (Å²) < 4.78 is 7.63. The maximum atomic E-state index is 10.8. The number of furan rings is 1. The molecule has 2 heterocycles. The van der Waals surface area contributed by atoms with Crippen molar-refractivity contribution in [1.29, 1.82) is 0 Å². The predicted octanol–water partition coefficient (Wildman–Crippen LogP) is 4.66. The molecular weight excluding hydrogens is 378 g/mol. The first-order valence-corrected chi connectivity index (χ1v) is 8.64. The minimum atomic E-state index is -0.442. The quantitative estimate of drug-likeness (QED) is 0.231. The number of benzene rings is 2. The van der Waals surface area contributed by atoms with Crippen LogP contribution in [0.5, 0.6) is 0 Å². The molecule has 0 radical (unpaired) electrons. The van der Waals surface area contributed by atoms with Crippen molar-refractivity contribution in [2.75, 3.05) is 0 Å². The Morgan fingerprint density at radius 1 is 1.07 bits per heavy atom. The summed E-state index contributed by atoms with van der Waals surface area (Å²) in [5.41, 5.74) is 1.63. The summed E-state index contributed by atoms with van der Waals surface area (Å²) in [4.78, 5) is 10.3. The molecule has 0 saturated carbocycles. The highest BCUT2D eigenvalue weighted by molar-refractivity contribution is 7.71. The number of aromatic amines is 1. The van der Waals surface area contributed by atoms with Crippen LogP contribution >= 0.6 is 12.2 Å². The number of nitrogens with zero attached hydrogens (tertiary/aromatic N) is 4. The number of hydrogen-bond donors (Lipinski definition) is 1. The van der Waals surface area contributed by atoms with Gasteiger partial charge in [0.05, 0.1) is 11.1 Å². The van der Waals surface area contributed by atoms with E-state index in [2.05, 4.69) is 15.3 Å². The summed E-state index contributed by atoms with van der Waals surface area (Å²) in [6, 6.07) is 19.2. The second-order valence-corrected chi connectivity index (χ2v) is 6.17. The van der Waals surface area contributed by atoms with Crippen LogP contribution in [0, 0.1) is 14.9 Å². The molecule has 0 fully saturated rings. The van der Waals surface area contributed by atoms with E-state index < -0.39 is 4.92 Å². The number of H-pyrrole nitrogens is 1. The van der Waals surface area contributed by atoms with Gasteiger partial charge in [-0.3, -0.25) is 10.1 Å². The molecule has 8 nitrogen and oxygen atoms in total. The zero-order valence-electron chi connectivity index (χ0n) is 14.4. The minimum absolute atomic E-state index is 0.0277. The molecular formula is C19H13N5O3S. The Morgan fingerprint density at radius 3 is 2.54 bits per heavy atom. The standard InChI is InChI=1S/C19H13N5O3S/c25-24(26)15-8-6-13(7-9-15)17-11-10-16(27-17)12-20-23-18(21-22-19(23)28)14-4-2-1-3-5-14/h1-12H,(H,22,28). The predicted molar refractivity (Wildman–Crippen MR) is 107 cm³/mol. The van der Waals surface area contributed by atoms with Crippen molar-refractivity contribution in [2.24, 2.45) is 5.10 Å². The molecule has 4 rings (SSSR count). The molecule has 2 aromatic heterocycles. The van der Waals surface area contributed by atoms with Crippen LogP contribution in [0.1, 0.15) is 5.76 Å². The highest BCUT2D eigenvalue weighted by Gasteiger charge is 2.09. The Balaban J connectivity index is 1.60. The average Bonchev–Trinajstić information content (AvgIpc) is 3.34. The second-order valence-electron chi connectivity index (χ2n) is 5.78. The van der Waals surface area contributed by atoms with Crippen molar-refractivity contribution in [3.05, 3.63) is 87.4 Å². The van der Waals surface area contributed by atoms with Crippen LogP contribution < -0.4 is 0 Å². The summed E-state index contributed by atoms with van der Waals surface area (Å²) in [7, 11) is 0. The van der Waals surface area contributed by atoms with Gasteiger partial charge in [-0.15, -0.1) is 0 Å². The number of nitro benzene ring substituents is 1. The van der Waals surface area contributed by atoms with Crippen molar-refractivity contribution in [3.8, 4) is 22.7 Å². The first-order chi connectivity index (χ1) is 13.6. The lowest BCUT2D eigenvalue weighted by Crippen LogP contribution is -1.94. The number of rotatable bonds is 5. The Hall–Kier alpha value is -3.85. The Bertz CT molecular complexity index is 1210. The van der Waals surface area contributed by atoms with E-state index in [1.54, 1.807) is 24.3 Å². The van der Waals surface area contributed by atoms with Crippen molar-refractivity contribution < 1.29 is 9.34 Å². The molecule has 0 aliphatic heterocycles. The molecule has 0 atom stereocenters. The van der Waals surface area contributed by atoms with Crippen molar-refractivity contribution in [3.63, 3.8) is 0 Å².